The number of hydrogen-bond acceptors (Lipinski definition) is 6. The summed E-state index contributed by atoms with van der Waals surface area (Å²) in [5, 5.41) is 6.27. The van der Waals surface area contributed by atoms with Gasteiger partial charge in [0, 0.05) is 11.1 Å². The quantitative estimate of drug-likeness (QED) is 0.282. The maximum atomic E-state index is 13.4. The van der Waals surface area contributed by atoms with Gasteiger partial charge in [0.05, 0.1) is 16.8 Å². The summed E-state index contributed by atoms with van der Waals surface area (Å²) in [6.45, 7) is 3.93. The standard InChI is InChI=1S/C26H20N2O3S2/c1-3-31-26(30)22-15(2)21(24-27-19-13-6-7-14-20(19)32-24)25(33-22)28-23(29)18-12-8-10-16-9-4-5-11-17(16)18/h4-14H,3H2,1-2H3,(H,28,29). The number of nitrogens with one attached hydrogen (secondary N) is 1. The summed E-state index contributed by atoms with van der Waals surface area (Å²) in [5.74, 6) is -0.626. The van der Waals surface area contributed by atoms with Crippen LogP contribution in [0.4, 0.5) is 5.00 Å². The van der Waals surface area contributed by atoms with Crippen molar-refractivity contribution in [2.75, 3.05) is 11.9 Å². The van der Waals surface area contributed by atoms with Crippen molar-refractivity contribution < 1.29 is 14.3 Å². The van der Waals surface area contributed by atoms with E-state index in [9.17, 15) is 9.59 Å². The number of aromatic nitrogens is 1. The molecule has 33 heavy (non-hydrogen) atoms. The van der Waals surface area contributed by atoms with Gasteiger partial charge in [0.1, 0.15) is 14.9 Å². The Morgan fingerprint density at radius 2 is 1.73 bits per heavy atom. The maximum absolute atomic E-state index is 13.4. The van der Waals surface area contributed by atoms with Crippen LogP contribution < -0.4 is 5.32 Å². The lowest BCUT2D eigenvalue weighted by Gasteiger charge is -2.08. The minimum Gasteiger partial charge on any atom is -0.462 e. The Kier molecular flexibility index (Phi) is 5.66. The molecule has 0 spiro atoms. The fourth-order valence-electron chi connectivity index (χ4n) is 3.82. The number of benzene rings is 3. The van der Waals surface area contributed by atoms with Crippen molar-refractivity contribution in [2.45, 2.75) is 13.8 Å². The Morgan fingerprint density at radius 3 is 2.55 bits per heavy atom. The Bertz CT molecular complexity index is 1480. The van der Waals surface area contributed by atoms with Gasteiger partial charge in [0.15, 0.2) is 0 Å². The van der Waals surface area contributed by atoms with Crippen LogP contribution in [0.25, 0.3) is 31.6 Å². The molecule has 1 amide bonds. The number of para-hydroxylation sites is 1. The molecule has 0 aliphatic heterocycles. The third kappa shape index (κ3) is 3.90. The first-order valence-corrected chi connectivity index (χ1v) is 12.2. The number of ether oxygens (including phenoxy) is 1. The molecule has 0 radical (unpaired) electrons. The monoisotopic (exact) mass is 472 g/mol. The van der Waals surface area contributed by atoms with Gasteiger partial charge >= 0.3 is 5.97 Å². The molecule has 1 N–H and O–H groups in total. The van der Waals surface area contributed by atoms with Gasteiger partial charge in [-0.2, -0.15) is 0 Å². The lowest BCUT2D eigenvalue weighted by molar-refractivity contribution is 0.0531. The molecular formula is C26H20N2O3S2. The van der Waals surface area contributed by atoms with Crippen molar-refractivity contribution in [3.63, 3.8) is 0 Å². The lowest BCUT2D eigenvalue weighted by atomic mass is 10.0. The Labute approximate surface area is 198 Å². The van der Waals surface area contributed by atoms with Crippen LogP contribution in [0.15, 0.2) is 66.7 Å². The Balaban J connectivity index is 1.62. The van der Waals surface area contributed by atoms with Crippen LogP contribution >= 0.6 is 22.7 Å². The zero-order chi connectivity index (χ0) is 22.9. The predicted octanol–water partition coefficient (Wildman–Crippen LogP) is 6.92. The molecule has 5 aromatic rings. The molecule has 5 nitrogen and oxygen atoms in total. The minimum atomic E-state index is -0.395. The molecular weight excluding hydrogens is 452 g/mol. The van der Waals surface area contributed by atoms with Crippen molar-refractivity contribution in [1.29, 1.82) is 0 Å². The van der Waals surface area contributed by atoms with Gasteiger partial charge in [-0.3, -0.25) is 4.79 Å². The first-order valence-electron chi connectivity index (χ1n) is 10.5. The van der Waals surface area contributed by atoms with Gasteiger partial charge in [-0.25, -0.2) is 9.78 Å². The van der Waals surface area contributed by atoms with Gasteiger partial charge in [-0.1, -0.05) is 48.5 Å². The van der Waals surface area contributed by atoms with E-state index in [1.54, 1.807) is 6.92 Å². The second-order valence-corrected chi connectivity index (χ2v) is 9.50. The maximum Gasteiger partial charge on any atom is 0.348 e. The number of carbonyl (C=O) groups is 2. The van der Waals surface area contributed by atoms with Crippen LogP contribution in [-0.2, 0) is 4.74 Å². The van der Waals surface area contributed by atoms with E-state index in [1.807, 2.05) is 73.7 Å². The third-order valence-electron chi connectivity index (χ3n) is 5.38. The molecule has 0 atom stereocenters. The van der Waals surface area contributed by atoms with Gasteiger partial charge < -0.3 is 10.1 Å². The minimum absolute atomic E-state index is 0.231. The van der Waals surface area contributed by atoms with Crippen LogP contribution in [0, 0.1) is 6.92 Å². The molecule has 0 saturated carbocycles. The Morgan fingerprint density at radius 1 is 0.970 bits per heavy atom. The molecule has 5 rings (SSSR count). The smallest absolute Gasteiger partial charge is 0.348 e. The fourth-order valence-corrected chi connectivity index (χ4v) is 6.06. The lowest BCUT2D eigenvalue weighted by Crippen LogP contribution is -2.12. The average molecular weight is 473 g/mol. The molecule has 0 bridgehead atoms. The number of thiophene rings is 1. The highest BCUT2D eigenvalue weighted by Crippen LogP contribution is 2.44. The first kappa shape index (κ1) is 21.3. The summed E-state index contributed by atoms with van der Waals surface area (Å²) in [6, 6.07) is 21.3. The average Bonchev–Trinajstić information content (AvgIpc) is 3.39. The van der Waals surface area contributed by atoms with Crippen LogP contribution in [0.2, 0.25) is 0 Å². The van der Waals surface area contributed by atoms with E-state index in [0.717, 1.165) is 37.1 Å². The number of nitrogens with zero attached hydrogens (tertiary/aromatic N) is 1. The zero-order valence-electron chi connectivity index (χ0n) is 18.0. The Hall–Kier alpha value is -3.55. The molecule has 2 aromatic heterocycles. The molecule has 0 unspecified atom stereocenters. The number of fused-ring (bicyclic) bond motifs is 2. The summed E-state index contributed by atoms with van der Waals surface area (Å²) >= 11 is 2.76. The van der Waals surface area contributed by atoms with E-state index in [4.69, 9.17) is 9.72 Å². The van der Waals surface area contributed by atoms with E-state index in [2.05, 4.69) is 5.32 Å². The van der Waals surface area contributed by atoms with Crippen LogP contribution in [0.3, 0.4) is 0 Å². The SMILES string of the molecule is CCOC(=O)c1sc(NC(=O)c2cccc3ccccc23)c(-c2nc3ccccc3s2)c1C. The molecule has 3 aromatic carbocycles. The van der Waals surface area contributed by atoms with Gasteiger partial charge in [-0.15, -0.1) is 22.7 Å². The summed E-state index contributed by atoms with van der Waals surface area (Å²) in [4.78, 5) is 31.2. The molecule has 164 valence electrons. The number of anilines is 1. The van der Waals surface area contributed by atoms with Gasteiger partial charge in [0.25, 0.3) is 5.91 Å². The van der Waals surface area contributed by atoms with E-state index in [0.29, 0.717) is 15.4 Å². The molecule has 0 aliphatic rings. The van der Waals surface area contributed by atoms with Gasteiger partial charge in [0.2, 0.25) is 0 Å². The molecule has 0 fully saturated rings. The van der Waals surface area contributed by atoms with E-state index >= 15 is 0 Å². The summed E-state index contributed by atoms with van der Waals surface area (Å²) in [7, 11) is 0. The zero-order valence-corrected chi connectivity index (χ0v) is 19.7. The summed E-state index contributed by atoms with van der Waals surface area (Å²) < 4.78 is 6.30. The van der Waals surface area contributed by atoms with E-state index in [-0.39, 0.29) is 12.5 Å². The fraction of sp³-hybridized carbons (Fsp3) is 0.115. The van der Waals surface area contributed by atoms with Crippen molar-refractivity contribution in [3.05, 3.63) is 82.7 Å². The number of hydrogen-bond donors (Lipinski definition) is 1. The second-order valence-electron chi connectivity index (χ2n) is 7.45. The number of rotatable bonds is 5. The van der Waals surface area contributed by atoms with Crippen LogP contribution in [0.1, 0.15) is 32.5 Å². The van der Waals surface area contributed by atoms with E-state index < -0.39 is 5.97 Å². The number of thiazole rings is 1. The van der Waals surface area contributed by atoms with Crippen LogP contribution in [-0.4, -0.2) is 23.5 Å². The highest BCUT2D eigenvalue weighted by molar-refractivity contribution is 7.23. The van der Waals surface area contributed by atoms with Crippen molar-refractivity contribution in [2.24, 2.45) is 0 Å². The van der Waals surface area contributed by atoms with Crippen molar-refractivity contribution >= 4 is 60.5 Å². The summed E-state index contributed by atoms with van der Waals surface area (Å²) in [5.41, 5.74) is 2.97. The summed E-state index contributed by atoms with van der Waals surface area (Å²) in [6.07, 6.45) is 0. The van der Waals surface area contributed by atoms with Gasteiger partial charge in [-0.05, 0) is 48.4 Å². The molecule has 0 aliphatic carbocycles. The van der Waals surface area contributed by atoms with E-state index in [1.165, 1.54) is 22.7 Å². The highest BCUT2D eigenvalue weighted by atomic mass is 32.1. The number of amides is 1. The van der Waals surface area contributed by atoms with Crippen molar-refractivity contribution in [3.8, 4) is 10.6 Å². The third-order valence-corrected chi connectivity index (χ3v) is 7.62. The topological polar surface area (TPSA) is 68.3 Å². The normalized spacial score (nSPS) is 11.1. The molecule has 2 heterocycles. The highest BCUT2D eigenvalue weighted by Gasteiger charge is 2.26. The number of esters is 1. The molecule has 0 saturated heterocycles. The predicted molar refractivity (Wildman–Crippen MR) is 136 cm³/mol. The largest absolute Gasteiger partial charge is 0.462 e. The number of carbonyl (C=O) groups excluding carboxylic acids is 2. The first-order chi connectivity index (χ1) is 16.1. The second kappa shape index (κ2) is 8.77. The molecule has 7 heteroatoms. The van der Waals surface area contributed by atoms with Crippen LogP contribution in [0.5, 0.6) is 0 Å². The van der Waals surface area contributed by atoms with Crippen molar-refractivity contribution in [1.82, 2.24) is 4.98 Å².